The van der Waals surface area contributed by atoms with E-state index in [1.165, 1.54) is 11.8 Å². The summed E-state index contributed by atoms with van der Waals surface area (Å²) in [4.78, 5) is 11.2. The zero-order chi connectivity index (χ0) is 10.1. The van der Waals surface area contributed by atoms with Crippen molar-refractivity contribution in [3.8, 4) is 6.07 Å². The van der Waals surface area contributed by atoms with Crippen molar-refractivity contribution in [1.82, 2.24) is 0 Å². The van der Waals surface area contributed by atoms with Gasteiger partial charge in [-0.2, -0.15) is 5.26 Å². The van der Waals surface area contributed by atoms with Gasteiger partial charge in [0.25, 0.3) is 0 Å². The highest BCUT2D eigenvalue weighted by atomic mass is 32.2. The van der Waals surface area contributed by atoms with Gasteiger partial charge in [-0.3, -0.25) is 4.79 Å². The van der Waals surface area contributed by atoms with Crippen LogP contribution in [0.25, 0.3) is 0 Å². The minimum absolute atomic E-state index is 0.103. The Labute approximate surface area is 83.4 Å². The van der Waals surface area contributed by atoms with E-state index in [0.717, 1.165) is 6.42 Å². The first-order valence-electron chi connectivity index (χ1n) is 4.41. The molecule has 0 spiro atoms. The van der Waals surface area contributed by atoms with Crippen LogP contribution >= 0.6 is 11.8 Å². The molecular formula is C9H15NO2S. The number of rotatable bonds is 6. The summed E-state index contributed by atoms with van der Waals surface area (Å²) < 4.78 is 4.88. The van der Waals surface area contributed by atoms with Crippen LogP contribution in [0.2, 0.25) is 0 Å². The second-order valence-corrected chi connectivity index (χ2v) is 3.74. The topological polar surface area (TPSA) is 50.1 Å². The molecule has 74 valence electrons. The van der Waals surface area contributed by atoms with Crippen LogP contribution in [-0.2, 0) is 9.53 Å². The summed E-state index contributed by atoms with van der Waals surface area (Å²) in [5, 5.41) is 8.21. The Balaban J connectivity index is 3.75. The third-order valence-corrected chi connectivity index (χ3v) is 2.82. The van der Waals surface area contributed by atoms with Gasteiger partial charge in [0, 0.05) is 12.2 Å². The van der Waals surface area contributed by atoms with Gasteiger partial charge < -0.3 is 4.74 Å². The lowest BCUT2D eigenvalue weighted by molar-refractivity contribution is -0.142. The Bertz CT molecular complexity index is 189. The highest BCUT2D eigenvalue weighted by Gasteiger charge is 2.17. The molecule has 0 bridgehead atoms. The van der Waals surface area contributed by atoms with E-state index in [-0.39, 0.29) is 11.2 Å². The molecule has 3 nitrogen and oxygen atoms in total. The highest BCUT2D eigenvalue weighted by molar-refractivity contribution is 8.00. The van der Waals surface area contributed by atoms with E-state index in [9.17, 15) is 4.79 Å². The molecule has 0 aliphatic carbocycles. The van der Waals surface area contributed by atoms with Gasteiger partial charge in [-0.05, 0) is 13.3 Å². The molecular weight excluding hydrogens is 186 g/mol. The molecule has 4 heteroatoms. The maximum absolute atomic E-state index is 11.2. The third-order valence-electron chi connectivity index (χ3n) is 1.45. The molecule has 1 unspecified atom stereocenters. The molecule has 0 amide bonds. The van der Waals surface area contributed by atoms with Crippen molar-refractivity contribution in [1.29, 1.82) is 5.26 Å². The maximum atomic E-state index is 11.2. The van der Waals surface area contributed by atoms with Crippen molar-refractivity contribution >= 4 is 17.7 Å². The van der Waals surface area contributed by atoms with Crippen LogP contribution in [0, 0.1) is 11.3 Å². The number of hydrogen-bond acceptors (Lipinski definition) is 4. The van der Waals surface area contributed by atoms with Crippen molar-refractivity contribution in [3.05, 3.63) is 0 Å². The lowest BCUT2D eigenvalue weighted by Gasteiger charge is -2.11. The number of nitriles is 1. The number of ether oxygens (including phenoxy) is 1. The first kappa shape index (κ1) is 12.3. The third kappa shape index (κ3) is 5.53. The first-order chi connectivity index (χ1) is 6.26. The number of carbonyl (C=O) groups excluding carboxylic acids is 1. The molecule has 13 heavy (non-hydrogen) atoms. The Morgan fingerprint density at radius 1 is 1.62 bits per heavy atom. The quantitative estimate of drug-likeness (QED) is 0.487. The van der Waals surface area contributed by atoms with Crippen molar-refractivity contribution in [2.24, 2.45) is 0 Å². The van der Waals surface area contributed by atoms with E-state index in [4.69, 9.17) is 10.00 Å². The molecule has 0 aromatic rings. The normalized spacial score (nSPS) is 11.8. The summed E-state index contributed by atoms with van der Waals surface area (Å²) in [6, 6.07) is 2.05. The predicted molar refractivity (Wildman–Crippen MR) is 53.4 cm³/mol. The SMILES string of the molecule is CCOC(=O)C(CC)SCCC#N. The summed E-state index contributed by atoms with van der Waals surface area (Å²) in [7, 11) is 0. The van der Waals surface area contributed by atoms with Crippen molar-refractivity contribution in [3.63, 3.8) is 0 Å². The Hall–Kier alpha value is -0.690. The minimum Gasteiger partial charge on any atom is -0.465 e. The standard InChI is InChI=1S/C9H15NO2S/c1-3-8(9(11)12-4-2)13-7-5-6-10/h8H,3-5,7H2,1-2H3. The van der Waals surface area contributed by atoms with Crippen LogP contribution in [0.15, 0.2) is 0 Å². The number of esters is 1. The number of thioether (sulfide) groups is 1. The Kier molecular flexibility index (Phi) is 7.51. The molecule has 1 atom stereocenters. The van der Waals surface area contributed by atoms with E-state index in [2.05, 4.69) is 0 Å². The second-order valence-electron chi connectivity index (χ2n) is 2.43. The fourth-order valence-corrected chi connectivity index (χ4v) is 1.77. The zero-order valence-corrected chi connectivity index (χ0v) is 8.89. The fraction of sp³-hybridized carbons (Fsp3) is 0.778. The van der Waals surface area contributed by atoms with E-state index >= 15 is 0 Å². The molecule has 0 rings (SSSR count). The van der Waals surface area contributed by atoms with E-state index in [1.54, 1.807) is 6.92 Å². The lowest BCUT2D eigenvalue weighted by Crippen LogP contribution is -2.19. The molecule has 0 aromatic carbocycles. The fourth-order valence-electron chi connectivity index (χ4n) is 0.835. The van der Waals surface area contributed by atoms with Gasteiger partial charge in [0.1, 0.15) is 5.25 Å². The van der Waals surface area contributed by atoms with E-state index in [0.29, 0.717) is 18.8 Å². The minimum atomic E-state index is -0.159. The van der Waals surface area contributed by atoms with Gasteiger partial charge in [0.05, 0.1) is 12.7 Å². The van der Waals surface area contributed by atoms with Crippen LogP contribution < -0.4 is 0 Å². The summed E-state index contributed by atoms with van der Waals surface area (Å²) in [5.41, 5.74) is 0. The Morgan fingerprint density at radius 3 is 2.77 bits per heavy atom. The largest absolute Gasteiger partial charge is 0.465 e. The first-order valence-corrected chi connectivity index (χ1v) is 5.46. The van der Waals surface area contributed by atoms with Gasteiger partial charge in [0.2, 0.25) is 0 Å². The van der Waals surface area contributed by atoms with Gasteiger partial charge in [0.15, 0.2) is 0 Å². The molecule has 0 heterocycles. The molecule has 0 fully saturated rings. The number of nitrogens with zero attached hydrogens (tertiary/aromatic N) is 1. The lowest BCUT2D eigenvalue weighted by atomic mass is 10.3. The van der Waals surface area contributed by atoms with E-state index in [1.807, 2.05) is 13.0 Å². The summed E-state index contributed by atoms with van der Waals surface area (Å²) in [6.07, 6.45) is 1.25. The van der Waals surface area contributed by atoms with Gasteiger partial charge in [-0.25, -0.2) is 0 Å². The number of hydrogen-bond donors (Lipinski definition) is 0. The van der Waals surface area contributed by atoms with Crippen LogP contribution in [0.3, 0.4) is 0 Å². The average molecular weight is 201 g/mol. The Morgan fingerprint density at radius 2 is 2.31 bits per heavy atom. The summed E-state index contributed by atoms with van der Waals surface area (Å²) in [5.74, 6) is 0.543. The number of carbonyl (C=O) groups is 1. The van der Waals surface area contributed by atoms with E-state index < -0.39 is 0 Å². The zero-order valence-electron chi connectivity index (χ0n) is 8.08. The van der Waals surface area contributed by atoms with Crippen molar-refractivity contribution in [2.45, 2.75) is 31.9 Å². The molecule has 0 N–H and O–H groups in total. The molecule has 0 saturated heterocycles. The molecule has 0 aliphatic rings. The van der Waals surface area contributed by atoms with Crippen LogP contribution in [-0.4, -0.2) is 23.6 Å². The summed E-state index contributed by atoms with van der Waals surface area (Å²) in [6.45, 7) is 4.17. The molecule has 0 aliphatic heterocycles. The predicted octanol–water partition coefficient (Wildman–Crippen LogP) is 1.97. The van der Waals surface area contributed by atoms with Crippen molar-refractivity contribution in [2.75, 3.05) is 12.4 Å². The average Bonchev–Trinajstić information content (AvgIpc) is 2.13. The van der Waals surface area contributed by atoms with Crippen LogP contribution in [0.1, 0.15) is 26.7 Å². The molecule has 0 saturated carbocycles. The second kappa shape index (κ2) is 7.93. The van der Waals surface area contributed by atoms with Crippen LogP contribution in [0.5, 0.6) is 0 Å². The summed E-state index contributed by atoms with van der Waals surface area (Å²) >= 11 is 1.50. The van der Waals surface area contributed by atoms with Crippen LogP contribution in [0.4, 0.5) is 0 Å². The van der Waals surface area contributed by atoms with Crippen molar-refractivity contribution < 1.29 is 9.53 Å². The monoisotopic (exact) mass is 201 g/mol. The smallest absolute Gasteiger partial charge is 0.319 e. The molecule has 0 radical (unpaired) electrons. The molecule has 0 aromatic heterocycles. The van der Waals surface area contributed by atoms with Gasteiger partial charge in [-0.1, -0.05) is 6.92 Å². The van der Waals surface area contributed by atoms with Gasteiger partial charge >= 0.3 is 5.97 Å². The maximum Gasteiger partial charge on any atom is 0.319 e. The van der Waals surface area contributed by atoms with Gasteiger partial charge in [-0.15, -0.1) is 11.8 Å². The highest BCUT2D eigenvalue weighted by Crippen LogP contribution is 2.16.